The van der Waals surface area contributed by atoms with E-state index in [1.165, 1.54) is 17.9 Å². The summed E-state index contributed by atoms with van der Waals surface area (Å²) >= 11 is 0. The quantitative estimate of drug-likeness (QED) is 0.338. The molecule has 0 aliphatic carbocycles. The summed E-state index contributed by atoms with van der Waals surface area (Å²) in [5.74, 6) is -0.739. The number of fused-ring (bicyclic) bond motifs is 1. The van der Waals surface area contributed by atoms with Gasteiger partial charge < -0.3 is 29.7 Å². The lowest BCUT2D eigenvalue weighted by molar-refractivity contribution is -0.389. The van der Waals surface area contributed by atoms with Gasteiger partial charge in [-0.05, 0) is 21.5 Å². The number of aromatic amines is 1. The number of H-pyrrole nitrogens is 1. The molecule has 0 radical (unpaired) electrons. The maximum atomic E-state index is 12.4. The molecule has 152 valence electrons. The minimum atomic E-state index is -0.843. The van der Waals surface area contributed by atoms with Crippen molar-refractivity contribution in [3.05, 3.63) is 58.2 Å². The second-order valence-corrected chi connectivity index (χ2v) is 6.55. The third-order valence-electron chi connectivity index (χ3n) is 4.65. The van der Waals surface area contributed by atoms with E-state index in [-0.39, 0.29) is 31.1 Å². The average molecular weight is 399 g/mol. The van der Waals surface area contributed by atoms with Gasteiger partial charge in [-0.3, -0.25) is 4.79 Å². The average Bonchev–Trinajstić information content (AvgIpc) is 3.29. The van der Waals surface area contributed by atoms with Crippen molar-refractivity contribution in [2.24, 2.45) is 0 Å². The Bertz CT molecular complexity index is 1050. The van der Waals surface area contributed by atoms with Crippen molar-refractivity contribution < 1.29 is 19.2 Å². The molecule has 29 heavy (non-hydrogen) atoms. The molecule has 0 bridgehead atoms. The van der Waals surface area contributed by atoms with E-state index in [9.17, 15) is 19.7 Å². The van der Waals surface area contributed by atoms with E-state index in [1.54, 1.807) is 13.1 Å². The van der Waals surface area contributed by atoms with Gasteiger partial charge in [-0.1, -0.05) is 18.2 Å². The minimum Gasteiger partial charge on any atom is -0.467 e. The highest BCUT2D eigenvalue weighted by Gasteiger charge is 2.23. The number of nitrogens with zero attached hydrogens (tertiary/aromatic N) is 3. The summed E-state index contributed by atoms with van der Waals surface area (Å²) in [6, 6.07) is 6.83. The molecule has 0 saturated heterocycles. The fraction of sp³-hybridized carbons (Fsp3) is 0.316. The van der Waals surface area contributed by atoms with Gasteiger partial charge in [0, 0.05) is 43.4 Å². The Morgan fingerprint density at radius 3 is 2.83 bits per heavy atom. The third kappa shape index (κ3) is 4.60. The summed E-state index contributed by atoms with van der Waals surface area (Å²) < 4.78 is 6.36. The van der Waals surface area contributed by atoms with Gasteiger partial charge in [-0.2, -0.15) is 0 Å². The molecule has 0 aliphatic rings. The fourth-order valence-corrected chi connectivity index (χ4v) is 3.15. The summed E-state index contributed by atoms with van der Waals surface area (Å²) in [6.45, 7) is 1.83. The first-order valence-corrected chi connectivity index (χ1v) is 8.99. The minimum absolute atomic E-state index is 0.0374. The SMILES string of the molecule is COC(=O)[C@@H](Cc1c[nH]c2ccccc12)NC(=O)CCn1cc([N+](=O)[O-])nc1C. The number of aromatic nitrogens is 3. The summed E-state index contributed by atoms with van der Waals surface area (Å²) in [4.78, 5) is 41.8. The second kappa shape index (κ2) is 8.55. The van der Waals surface area contributed by atoms with Crippen LogP contribution in [0.15, 0.2) is 36.7 Å². The van der Waals surface area contributed by atoms with Gasteiger partial charge in [0.15, 0.2) is 0 Å². The largest absolute Gasteiger partial charge is 0.467 e. The predicted molar refractivity (Wildman–Crippen MR) is 104 cm³/mol. The van der Waals surface area contributed by atoms with Crippen molar-refractivity contribution in [3.8, 4) is 0 Å². The highest BCUT2D eigenvalue weighted by Crippen LogP contribution is 2.19. The van der Waals surface area contributed by atoms with Crippen molar-refractivity contribution in [1.29, 1.82) is 0 Å². The molecule has 2 aromatic heterocycles. The summed E-state index contributed by atoms with van der Waals surface area (Å²) in [5.41, 5.74) is 1.83. The number of para-hydroxylation sites is 1. The van der Waals surface area contributed by atoms with Crippen molar-refractivity contribution in [1.82, 2.24) is 19.9 Å². The molecule has 0 fully saturated rings. The number of rotatable bonds is 8. The first-order valence-electron chi connectivity index (χ1n) is 8.99. The molecule has 10 nitrogen and oxygen atoms in total. The van der Waals surface area contributed by atoms with Gasteiger partial charge in [0.05, 0.1) is 7.11 Å². The van der Waals surface area contributed by atoms with Gasteiger partial charge in [0.1, 0.15) is 12.2 Å². The molecular weight excluding hydrogens is 378 g/mol. The Hall–Kier alpha value is -3.69. The topological polar surface area (TPSA) is 132 Å². The summed E-state index contributed by atoms with van der Waals surface area (Å²) in [6.07, 6.45) is 3.40. The number of amides is 1. The zero-order chi connectivity index (χ0) is 21.0. The highest BCUT2D eigenvalue weighted by atomic mass is 16.6. The van der Waals surface area contributed by atoms with E-state index in [0.717, 1.165) is 16.5 Å². The van der Waals surface area contributed by atoms with Crippen LogP contribution in [-0.4, -0.2) is 44.5 Å². The smallest absolute Gasteiger partial charge is 0.381 e. The van der Waals surface area contributed by atoms with Crippen LogP contribution in [-0.2, 0) is 27.3 Å². The summed E-state index contributed by atoms with van der Waals surface area (Å²) in [7, 11) is 1.27. The number of benzene rings is 1. The number of hydrogen-bond acceptors (Lipinski definition) is 6. The Balaban J connectivity index is 1.66. The molecule has 0 saturated carbocycles. The number of hydrogen-bond donors (Lipinski definition) is 2. The molecular formula is C19H21N5O5. The molecule has 2 N–H and O–H groups in total. The molecule has 0 aliphatic heterocycles. The van der Waals surface area contributed by atoms with Crippen LogP contribution in [0.4, 0.5) is 5.82 Å². The number of esters is 1. The van der Waals surface area contributed by atoms with Crippen LogP contribution in [0.2, 0.25) is 0 Å². The number of aryl methyl sites for hydroxylation is 2. The van der Waals surface area contributed by atoms with Gasteiger partial charge in [-0.15, -0.1) is 0 Å². The van der Waals surface area contributed by atoms with Gasteiger partial charge >= 0.3 is 11.8 Å². The first-order chi connectivity index (χ1) is 13.9. The molecule has 1 amide bonds. The lowest BCUT2D eigenvalue weighted by Gasteiger charge is -2.16. The Morgan fingerprint density at radius 2 is 2.14 bits per heavy atom. The zero-order valence-corrected chi connectivity index (χ0v) is 16.0. The monoisotopic (exact) mass is 399 g/mol. The number of nitro groups is 1. The Labute approximate surface area is 166 Å². The van der Waals surface area contributed by atoms with Crippen molar-refractivity contribution in [2.45, 2.75) is 32.4 Å². The first kappa shape index (κ1) is 20.1. The van der Waals surface area contributed by atoms with Crippen LogP contribution in [0.1, 0.15) is 17.8 Å². The van der Waals surface area contributed by atoms with Crippen LogP contribution in [0.3, 0.4) is 0 Å². The van der Waals surface area contributed by atoms with Crippen LogP contribution >= 0.6 is 0 Å². The third-order valence-corrected chi connectivity index (χ3v) is 4.65. The van der Waals surface area contributed by atoms with E-state index >= 15 is 0 Å². The Kier molecular flexibility index (Phi) is 5.91. The summed E-state index contributed by atoms with van der Waals surface area (Å²) in [5, 5.41) is 14.5. The van der Waals surface area contributed by atoms with E-state index in [0.29, 0.717) is 5.82 Å². The molecule has 1 aromatic carbocycles. The maximum absolute atomic E-state index is 12.4. The standard InChI is InChI=1S/C19H21N5O5/c1-12-21-17(24(27)28)11-23(12)8-7-18(25)22-16(19(26)29-2)9-13-10-20-15-6-4-3-5-14(13)15/h3-6,10-11,16,20H,7-9H2,1-2H3,(H,22,25)/t16-/m1/s1. The number of carbonyl (C=O) groups excluding carboxylic acids is 2. The number of methoxy groups -OCH3 is 1. The van der Waals surface area contributed by atoms with Crippen LogP contribution in [0.5, 0.6) is 0 Å². The zero-order valence-electron chi connectivity index (χ0n) is 16.0. The highest BCUT2D eigenvalue weighted by molar-refractivity contribution is 5.87. The predicted octanol–water partition coefficient (Wildman–Crippen LogP) is 1.87. The molecule has 0 spiro atoms. The molecule has 0 unspecified atom stereocenters. The van der Waals surface area contributed by atoms with Crippen LogP contribution in [0, 0.1) is 17.0 Å². The number of nitrogens with one attached hydrogen (secondary N) is 2. The number of carbonyl (C=O) groups is 2. The molecule has 3 rings (SSSR count). The lowest BCUT2D eigenvalue weighted by atomic mass is 10.0. The van der Waals surface area contributed by atoms with Crippen molar-refractivity contribution in [3.63, 3.8) is 0 Å². The normalized spacial score (nSPS) is 11.9. The van der Waals surface area contributed by atoms with E-state index in [1.807, 2.05) is 24.3 Å². The van der Waals surface area contributed by atoms with Gasteiger partial charge in [0.2, 0.25) is 11.7 Å². The lowest BCUT2D eigenvalue weighted by Crippen LogP contribution is -2.43. The molecule has 1 atom stereocenters. The fourth-order valence-electron chi connectivity index (χ4n) is 3.15. The molecule has 10 heteroatoms. The van der Waals surface area contributed by atoms with Crippen molar-refractivity contribution in [2.75, 3.05) is 7.11 Å². The molecule has 3 aromatic rings. The Morgan fingerprint density at radius 1 is 1.38 bits per heavy atom. The maximum Gasteiger partial charge on any atom is 0.381 e. The number of imidazole rings is 1. The van der Waals surface area contributed by atoms with Crippen molar-refractivity contribution >= 4 is 28.6 Å². The second-order valence-electron chi connectivity index (χ2n) is 6.55. The molecule has 2 heterocycles. The van der Waals surface area contributed by atoms with Gasteiger partial charge in [-0.25, -0.2) is 4.79 Å². The van der Waals surface area contributed by atoms with Crippen LogP contribution in [0.25, 0.3) is 10.9 Å². The van der Waals surface area contributed by atoms with E-state index in [4.69, 9.17) is 4.74 Å². The van der Waals surface area contributed by atoms with Crippen LogP contribution < -0.4 is 5.32 Å². The van der Waals surface area contributed by atoms with Gasteiger partial charge in [0.25, 0.3) is 0 Å². The van der Waals surface area contributed by atoms with E-state index < -0.39 is 16.9 Å². The van der Waals surface area contributed by atoms with E-state index in [2.05, 4.69) is 15.3 Å². The number of ether oxygens (including phenoxy) is 1.